The van der Waals surface area contributed by atoms with Gasteiger partial charge in [-0.25, -0.2) is 9.97 Å². The van der Waals surface area contributed by atoms with Crippen LogP contribution in [0.25, 0.3) is 0 Å². The lowest BCUT2D eigenvalue weighted by molar-refractivity contribution is -0.130. The third-order valence-corrected chi connectivity index (χ3v) is 4.09. The second-order valence-corrected chi connectivity index (χ2v) is 5.34. The van der Waals surface area contributed by atoms with Crippen molar-refractivity contribution in [3.05, 3.63) is 18.5 Å². The number of aromatic nitrogens is 2. The molecule has 0 bridgehead atoms. The van der Waals surface area contributed by atoms with E-state index in [-0.39, 0.29) is 10.7 Å². The van der Waals surface area contributed by atoms with Crippen molar-refractivity contribution in [2.45, 2.75) is 18.2 Å². The van der Waals surface area contributed by atoms with Crippen molar-refractivity contribution in [1.29, 1.82) is 0 Å². The lowest BCUT2D eigenvalue weighted by Gasteiger charge is -2.35. The molecule has 5 nitrogen and oxygen atoms in total. The Morgan fingerprint density at radius 1 is 1.33 bits per heavy atom. The molecule has 1 aromatic heterocycles. The van der Waals surface area contributed by atoms with E-state index in [9.17, 15) is 4.79 Å². The van der Waals surface area contributed by atoms with Crippen LogP contribution in [-0.4, -0.2) is 51.8 Å². The molecule has 1 atom stereocenters. The highest BCUT2D eigenvalue weighted by atomic mass is 79.9. The first-order valence-electron chi connectivity index (χ1n) is 6.17. The number of alkyl halides is 1. The second-order valence-electron chi connectivity index (χ2n) is 4.24. The van der Waals surface area contributed by atoms with Crippen LogP contribution in [0.1, 0.15) is 13.3 Å². The number of amides is 1. The van der Waals surface area contributed by atoms with Gasteiger partial charge in [0.25, 0.3) is 0 Å². The molecule has 1 amide bonds. The van der Waals surface area contributed by atoms with Gasteiger partial charge in [0.15, 0.2) is 0 Å². The van der Waals surface area contributed by atoms with Gasteiger partial charge in [-0.2, -0.15) is 0 Å². The van der Waals surface area contributed by atoms with Gasteiger partial charge in [0, 0.05) is 38.6 Å². The number of piperazine rings is 1. The predicted molar refractivity (Wildman–Crippen MR) is 73.8 cm³/mol. The molecule has 0 aliphatic carbocycles. The molecule has 0 unspecified atom stereocenters. The van der Waals surface area contributed by atoms with Crippen molar-refractivity contribution in [1.82, 2.24) is 14.9 Å². The summed E-state index contributed by atoms with van der Waals surface area (Å²) < 4.78 is 0. The van der Waals surface area contributed by atoms with Crippen LogP contribution in [0.3, 0.4) is 0 Å². The Morgan fingerprint density at radius 3 is 2.50 bits per heavy atom. The second kappa shape index (κ2) is 6.13. The van der Waals surface area contributed by atoms with E-state index >= 15 is 0 Å². The number of rotatable bonds is 3. The van der Waals surface area contributed by atoms with Gasteiger partial charge in [0.2, 0.25) is 11.9 Å². The van der Waals surface area contributed by atoms with Crippen LogP contribution in [0.4, 0.5) is 5.95 Å². The highest BCUT2D eigenvalue weighted by Gasteiger charge is 2.25. The lowest BCUT2D eigenvalue weighted by Crippen LogP contribution is -2.51. The van der Waals surface area contributed by atoms with Crippen LogP contribution in [0.15, 0.2) is 18.5 Å². The van der Waals surface area contributed by atoms with E-state index in [1.54, 1.807) is 18.5 Å². The average Bonchev–Trinajstić information content (AvgIpc) is 2.47. The molecular formula is C12H17BrN4O. The quantitative estimate of drug-likeness (QED) is 0.789. The molecule has 1 aliphatic heterocycles. The Bertz CT molecular complexity index is 392. The number of hydrogen-bond acceptors (Lipinski definition) is 4. The Balaban J connectivity index is 1.90. The zero-order chi connectivity index (χ0) is 13.0. The number of carbonyl (C=O) groups excluding carboxylic acids is 1. The van der Waals surface area contributed by atoms with E-state index in [1.807, 2.05) is 11.8 Å². The van der Waals surface area contributed by atoms with Gasteiger partial charge in [0.05, 0.1) is 4.83 Å². The molecule has 0 spiro atoms. The zero-order valence-electron chi connectivity index (χ0n) is 10.4. The molecule has 1 fully saturated rings. The summed E-state index contributed by atoms with van der Waals surface area (Å²) in [5.41, 5.74) is 0. The van der Waals surface area contributed by atoms with Crippen LogP contribution in [-0.2, 0) is 4.79 Å². The third-order valence-electron chi connectivity index (χ3n) is 3.05. The molecule has 1 aromatic rings. The van der Waals surface area contributed by atoms with Gasteiger partial charge in [-0.15, -0.1) is 0 Å². The largest absolute Gasteiger partial charge is 0.338 e. The summed E-state index contributed by atoms with van der Waals surface area (Å²) >= 11 is 3.41. The molecule has 98 valence electrons. The Hall–Kier alpha value is -1.17. The number of hydrogen-bond donors (Lipinski definition) is 0. The summed E-state index contributed by atoms with van der Waals surface area (Å²) in [6, 6.07) is 1.81. The smallest absolute Gasteiger partial charge is 0.236 e. The average molecular weight is 313 g/mol. The molecule has 0 saturated carbocycles. The summed E-state index contributed by atoms with van der Waals surface area (Å²) in [6.45, 7) is 5.06. The first-order chi connectivity index (χ1) is 8.72. The molecule has 0 N–H and O–H groups in total. The fourth-order valence-corrected chi connectivity index (χ4v) is 2.24. The Labute approximate surface area is 115 Å². The number of carbonyl (C=O) groups is 1. The van der Waals surface area contributed by atoms with E-state index in [2.05, 4.69) is 30.8 Å². The highest BCUT2D eigenvalue weighted by Crippen LogP contribution is 2.14. The topological polar surface area (TPSA) is 49.3 Å². The molecule has 0 aromatic carbocycles. The summed E-state index contributed by atoms with van der Waals surface area (Å²) in [5.74, 6) is 0.932. The van der Waals surface area contributed by atoms with E-state index in [1.165, 1.54) is 0 Å². The number of nitrogens with zero attached hydrogens (tertiary/aromatic N) is 4. The van der Waals surface area contributed by atoms with Crippen LogP contribution in [0.2, 0.25) is 0 Å². The Morgan fingerprint density at radius 2 is 1.94 bits per heavy atom. The molecule has 0 radical (unpaired) electrons. The maximum Gasteiger partial charge on any atom is 0.236 e. The fraction of sp³-hybridized carbons (Fsp3) is 0.583. The van der Waals surface area contributed by atoms with Gasteiger partial charge in [-0.1, -0.05) is 22.9 Å². The van der Waals surface area contributed by atoms with Gasteiger partial charge >= 0.3 is 0 Å². The van der Waals surface area contributed by atoms with E-state index in [4.69, 9.17) is 0 Å². The molecule has 1 aliphatic rings. The first kappa shape index (κ1) is 13.3. The van der Waals surface area contributed by atoms with E-state index < -0.39 is 0 Å². The fourth-order valence-electron chi connectivity index (χ4n) is 1.95. The zero-order valence-corrected chi connectivity index (χ0v) is 12.0. The minimum absolute atomic E-state index is 0.0583. The van der Waals surface area contributed by atoms with Crippen molar-refractivity contribution >= 4 is 27.8 Å². The lowest BCUT2D eigenvalue weighted by atomic mass is 10.2. The van der Waals surface area contributed by atoms with Gasteiger partial charge in [0.1, 0.15) is 0 Å². The summed E-state index contributed by atoms with van der Waals surface area (Å²) in [6.07, 6.45) is 4.30. The predicted octanol–water partition coefficient (Wildman–Crippen LogP) is 1.30. The van der Waals surface area contributed by atoms with Crippen LogP contribution >= 0.6 is 15.9 Å². The third kappa shape index (κ3) is 2.98. The van der Waals surface area contributed by atoms with Gasteiger partial charge < -0.3 is 9.80 Å². The summed E-state index contributed by atoms with van der Waals surface area (Å²) in [4.78, 5) is 24.4. The van der Waals surface area contributed by atoms with Crippen LogP contribution in [0, 0.1) is 0 Å². The standard InChI is InChI=1S/C12H17BrN4O/c1-2-10(13)11(18)16-6-8-17(9-7-16)12-14-4-3-5-15-12/h3-5,10H,2,6-9H2,1H3/t10-/m0/s1. The Kier molecular flexibility index (Phi) is 4.52. The molecule has 2 heterocycles. The van der Waals surface area contributed by atoms with Crippen molar-refractivity contribution < 1.29 is 4.79 Å². The summed E-state index contributed by atoms with van der Waals surface area (Å²) in [7, 11) is 0. The molecule has 1 saturated heterocycles. The van der Waals surface area contributed by atoms with Gasteiger partial charge in [-0.05, 0) is 12.5 Å². The number of halogens is 1. The normalized spacial score (nSPS) is 17.7. The van der Waals surface area contributed by atoms with Crippen molar-refractivity contribution in [3.8, 4) is 0 Å². The minimum atomic E-state index is -0.0583. The first-order valence-corrected chi connectivity index (χ1v) is 7.08. The van der Waals surface area contributed by atoms with Crippen LogP contribution in [0.5, 0.6) is 0 Å². The molecule has 2 rings (SSSR count). The van der Waals surface area contributed by atoms with E-state index in [0.717, 1.165) is 38.5 Å². The van der Waals surface area contributed by atoms with Crippen LogP contribution < -0.4 is 4.90 Å². The SMILES string of the molecule is CC[C@H](Br)C(=O)N1CCN(c2ncccn2)CC1. The minimum Gasteiger partial charge on any atom is -0.338 e. The molecule has 6 heteroatoms. The van der Waals surface area contributed by atoms with Crippen molar-refractivity contribution in [2.75, 3.05) is 31.1 Å². The summed E-state index contributed by atoms with van der Waals surface area (Å²) in [5, 5.41) is 0. The maximum atomic E-state index is 12.0. The molecule has 18 heavy (non-hydrogen) atoms. The monoisotopic (exact) mass is 312 g/mol. The van der Waals surface area contributed by atoms with Crippen molar-refractivity contribution in [3.63, 3.8) is 0 Å². The molecular weight excluding hydrogens is 296 g/mol. The van der Waals surface area contributed by atoms with Crippen molar-refractivity contribution in [2.24, 2.45) is 0 Å². The maximum absolute atomic E-state index is 12.0. The van der Waals surface area contributed by atoms with E-state index in [0.29, 0.717) is 0 Å². The number of anilines is 1. The van der Waals surface area contributed by atoms with Gasteiger partial charge in [-0.3, -0.25) is 4.79 Å². The highest BCUT2D eigenvalue weighted by molar-refractivity contribution is 9.10.